The van der Waals surface area contributed by atoms with Crippen LogP contribution in [0.25, 0.3) is 0 Å². The van der Waals surface area contributed by atoms with Crippen LogP contribution in [0.1, 0.15) is 72.4 Å². The molecule has 1 rings (SSSR count). The van der Waals surface area contributed by atoms with Gasteiger partial charge < -0.3 is 24.6 Å². The largest absolute Gasteiger partial charge is 0.464 e. The molecule has 0 radical (unpaired) electrons. The minimum absolute atomic E-state index is 0.0895. The van der Waals surface area contributed by atoms with Gasteiger partial charge in [-0.1, -0.05) is 19.0 Å². The van der Waals surface area contributed by atoms with Crippen molar-refractivity contribution in [3.8, 4) is 0 Å². The van der Waals surface area contributed by atoms with Crippen LogP contribution in [-0.2, 0) is 25.5 Å². The Morgan fingerprint density at radius 2 is 1.86 bits per heavy atom. The Morgan fingerprint density at radius 3 is 2.38 bits per heavy atom. The zero-order valence-electron chi connectivity index (χ0n) is 18.3. The fourth-order valence-electron chi connectivity index (χ4n) is 2.65. The monoisotopic (exact) mass is 411 g/mol. The summed E-state index contributed by atoms with van der Waals surface area (Å²) in [5.41, 5.74) is -0.0999. The van der Waals surface area contributed by atoms with E-state index in [0.29, 0.717) is 17.9 Å². The van der Waals surface area contributed by atoms with Crippen molar-refractivity contribution in [2.75, 3.05) is 6.61 Å². The fraction of sp³-hybridized carbons (Fsp3) is 0.700. The van der Waals surface area contributed by atoms with Gasteiger partial charge in [-0.3, -0.25) is 4.79 Å². The number of rotatable bonds is 9. The van der Waals surface area contributed by atoms with Gasteiger partial charge in [0.15, 0.2) is 0 Å². The number of carbonyl (C=O) groups excluding carboxylic acids is 3. The topological polar surface area (TPSA) is 120 Å². The van der Waals surface area contributed by atoms with E-state index in [2.05, 4.69) is 15.8 Å². The first kappa shape index (κ1) is 24.5. The van der Waals surface area contributed by atoms with Crippen LogP contribution in [0.4, 0.5) is 4.79 Å². The Labute approximate surface area is 171 Å². The van der Waals surface area contributed by atoms with Crippen molar-refractivity contribution in [2.45, 2.75) is 79.0 Å². The normalized spacial score (nSPS) is 13.5. The van der Waals surface area contributed by atoms with Gasteiger partial charge >= 0.3 is 12.1 Å². The van der Waals surface area contributed by atoms with Gasteiger partial charge in [0, 0.05) is 19.4 Å². The number of amides is 2. The van der Waals surface area contributed by atoms with E-state index in [9.17, 15) is 14.4 Å². The van der Waals surface area contributed by atoms with Crippen LogP contribution >= 0.6 is 0 Å². The summed E-state index contributed by atoms with van der Waals surface area (Å²) in [4.78, 5) is 35.7. The standard InChI is InChI=1S/C20H33N3O6/c1-8-27-18(25)17(21-13(4)24)11-14-10-16(23-29-14)15(9-12(2)3)22-19(26)28-20(5,6)7/h10,12,15,17H,8-9,11H2,1-7H3,(H,21,24)(H,22,26). The molecule has 9 heteroatoms. The Hall–Kier alpha value is -2.58. The molecule has 2 atom stereocenters. The van der Waals surface area contributed by atoms with Crippen LogP contribution in [-0.4, -0.2) is 41.4 Å². The molecule has 29 heavy (non-hydrogen) atoms. The number of nitrogens with zero attached hydrogens (tertiary/aromatic N) is 1. The van der Waals surface area contributed by atoms with Crippen molar-refractivity contribution >= 4 is 18.0 Å². The number of esters is 1. The van der Waals surface area contributed by atoms with Gasteiger partial charge in [0.1, 0.15) is 23.1 Å². The molecular weight excluding hydrogens is 378 g/mol. The molecular formula is C20H33N3O6. The first-order valence-corrected chi connectivity index (χ1v) is 9.80. The van der Waals surface area contributed by atoms with Gasteiger partial charge in [0.2, 0.25) is 5.91 Å². The van der Waals surface area contributed by atoms with E-state index in [1.807, 2.05) is 13.8 Å². The van der Waals surface area contributed by atoms with E-state index in [-0.39, 0.29) is 24.9 Å². The second kappa shape index (κ2) is 10.8. The SMILES string of the molecule is CCOC(=O)C(Cc1cc(C(CC(C)C)NC(=O)OC(C)(C)C)no1)NC(C)=O. The number of hydrogen-bond donors (Lipinski definition) is 2. The van der Waals surface area contributed by atoms with Gasteiger partial charge in [-0.05, 0) is 40.0 Å². The molecule has 0 fully saturated rings. The minimum Gasteiger partial charge on any atom is -0.464 e. The highest BCUT2D eigenvalue weighted by Crippen LogP contribution is 2.23. The number of nitrogens with one attached hydrogen (secondary N) is 2. The maximum Gasteiger partial charge on any atom is 0.408 e. The molecule has 2 N–H and O–H groups in total. The first-order valence-electron chi connectivity index (χ1n) is 9.80. The lowest BCUT2D eigenvalue weighted by molar-refractivity contribution is -0.147. The van der Waals surface area contributed by atoms with E-state index in [1.54, 1.807) is 33.8 Å². The van der Waals surface area contributed by atoms with Gasteiger partial charge in [-0.15, -0.1) is 0 Å². The first-order chi connectivity index (χ1) is 13.4. The van der Waals surface area contributed by atoms with Crippen molar-refractivity contribution in [3.05, 3.63) is 17.5 Å². The summed E-state index contributed by atoms with van der Waals surface area (Å²) in [6.45, 7) is 12.6. The Bertz CT molecular complexity index is 693. The van der Waals surface area contributed by atoms with E-state index in [0.717, 1.165) is 0 Å². The highest BCUT2D eigenvalue weighted by molar-refractivity contribution is 5.83. The Balaban J connectivity index is 2.94. The third-order valence-electron chi connectivity index (χ3n) is 3.69. The smallest absolute Gasteiger partial charge is 0.408 e. The van der Waals surface area contributed by atoms with Gasteiger partial charge in [0.05, 0.1) is 12.6 Å². The lowest BCUT2D eigenvalue weighted by Gasteiger charge is -2.23. The fourth-order valence-corrected chi connectivity index (χ4v) is 2.65. The van der Waals surface area contributed by atoms with Crippen LogP contribution in [0, 0.1) is 5.92 Å². The summed E-state index contributed by atoms with van der Waals surface area (Å²) < 4.78 is 15.7. The molecule has 0 spiro atoms. The number of carbonyl (C=O) groups is 3. The van der Waals surface area contributed by atoms with Gasteiger partial charge in [-0.25, -0.2) is 9.59 Å². The van der Waals surface area contributed by atoms with Crippen molar-refractivity contribution < 1.29 is 28.4 Å². The van der Waals surface area contributed by atoms with Gasteiger partial charge in [-0.2, -0.15) is 0 Å². The molecule has 0 aliphatic rings. The molecule has 9 nitrogen and oxygen atoms in total. The van der Waals surface area contributed by atoms with E-state index < -0.39 is 29.7 Å². The van der Waals surface area contributed by atoms with E-state index >= 15 is 0 Å². The number of hydrogen-bond acceptors (Lipinski definition) is 7. The molecule has 0 aliphatic heterocycles. The van der Waals surface area contributed by atoms with Crippen LogP contribution in [0.15, 0.2) is 10.6 Å². The maximum atomic E-state index is 12.2. The summed E-state index contributed by atoms with van der Waals surface area (Å²) in [6, 6.07) is 0.373. The molecule has 0 saturated carbocycles. The Morgan fingerprint density at radius 1 is 1.21 bits per heavy atom. The zero-order valence-corrected chi connectivity index (χ0v) is 18.3. The van der Waals surface area contributed by atoms with Crippen molar-refractivity contribution in [3.63, 3.8) is 0 Å². The second-order valence-electron chi connectivity index (χ2n) is 8.26. The zero-order chi connectivity index (χ0) is 22.2. The predicted octanol–water partition coefficient (Wildman–Crippen LogP) is 2.90. The number of ether oxygens (including phenoxy) is 2. The molecule has 1 heterocycles. The number of aromatic nitrogens is 1. The summed E-state index contributed by atoms with van der Waals surface area (Å²) in [6.07, 6.45) is 0.167. The molecule has 2 amide bonds. The van der Waals surface area contributed by atoms with Crippen LogP contribution in [0.5, 0.6) is 0 Å². The average Bonchev–Trinajstić information content (AvgIpc) is 2.99. The quantitative estimate of drug-likeness (QED) is 0.600. The summed E-state index contributed by atoms with van der Waals surface area (Å²) in [7, 11) is 0. The van der Waals surface area contributed by atoms with Crippen molar-refractivity contribution in [2.24, 2.45) is 5.92 Å². The molecule has 0 saturated heterocycles. The highest BCUT2D eigenvalue weighted by atomic mass is 16.6. The highest BCUT2D eigenvalue weighted by Gasteiger charge is 2.26. The molecule has 2 unspecified atom stereocenters. The number of alkyl carbamates (subject to hydrolysis) is 1. The summed E-state index contributed by atoms with van der Waals surface area (Å²) in [5, 5.41) is 9.42. The third-order valence-corrected chi connectivity index (χ3v) is 3.69. The second-order valence-corrected chi connectivity index (χ2v) is 8.26. The van der Waals surface area contributed by atoms with Crippen LogP contribution in [0.3, 0.4) is 0 Å². The molecule has 1 aromatic heterocycles. The van der Waals surface area contributed by atoms with Crippen molar-refractivity contribution in [1.82, 2.24) is 15.8 Å². The lowest BCUT2D eigenvalue weighted by atomic mass is 10.0. The maximum absolute atomic E-state index is 12.2. The third kappa shape index (κ3) is 9.45. The van der Waals surface area contributed by atoms with E-state index in [4.69, 9.17) is 14.0 Å². The molecule has 0 bridgehead atoms. The molecule has 0 aromatic carbocycles. The molecule has 1 aromatic rings. The minimum atomic E-state index is -0.879. The van der Waals surface area contributed by atoms with Gasteiger partial charge in [0.25, 0.3) is 0 Å². The summed E-state index contributed by atoms with van der Waals surface area (Å²) in [5.74, 6) is -0.230. The average molecular weight is 411 g/mol. The lowest BCUT2D eigenvalue weighted by Crippen LogP contribution is -2.42. The Kier molecular flexibility index (Phi) is 9.13. The summed E-state index contributed by atoms with van der Waals surface area (Å²) >= 11 is 0. The van der Waals surface area contributed by atoms with Crippen LogP contribution < -0.4 is 10.6 Å². The molecule has 0 aliphatic carbocycles. The molecule has 164 valence electrons. The van der Waals surface area contributed by atoms with Crippen LogP contribution in [0.2, 0.25) is 0 Å². The van der Waals surface area contributed by atoms with E-state index in [1.165, 1.54) is 6.92 Å². The predicted molar refractivity (Wildman–Crippen MR) is 106 cm³/mol. The van der Waals surface area contributed by atoms with Crippen molar-refractivity contribution in [1.29, 1.82) is 0 Å².